The zero-order valence-electron chi connectivity index (χ0n) is 7.35. The third kappa shape index (κ3) is 2.18. The summed E-state index contributed by atoms with van der Waals surface area (Å²) in [6, 6.07) is 3.94. The molecule has 0 aliphatic carbocycles. The predicted octanol–water partition coefficient (Wildman–Crippen LogP) is 1.24. The molecule has 0 bridgehead atoms. The molecule has 2 rings (SSSR count). The SMILES string of the molecule is c1cnn(CCCc2ccn[nH]2)c1. The first-order valence-corrected chi connectivity index (χ1v) is 4.41. The van der Waals surface area contributed by atoms with Crippen LogP contribution >= 0.6 is 0 Å². The number of nitrogens with one attached hydrogen (secondary N) is 1. The summed E-state index contributed by atoms with van der Waals surface area (Å²) in [6.07, 6.45) is 7.68. The van der Waals surface area contributed by atoms with Gasteiger partial charge in [-0.25, -0.2) is 0 Å². The van der Waals surface area contributed by atoms with Crippen LogP contribution in [0.1, 0.15) is 12.1 Å². The van der Waals surface area contributed by atoms with Crippen molar-refractivity contribution in [2.24, 2.45) is 0 Å². The first-order valence-electron chi connectivity index (χ1n) is 4.41. The molecule has 0 amide bonds. The smallest absolute Gasteiger partial charge is 0.0490 e. The Labute approximate surface area is 76.6 Å². The van der Waals surface area contributed by atoms with Crippen LogP contribution in [0.15, 0.2) is 30.7 Å². The number of H-pyrrole nitrogens is 1. The first-order chi connectivity index (χ1) is 6.45. The lowest BCUT2D eigenvalue weighted by atomic mass is 10.2. The van der Waals surface area contributed by atoms with E-state index in [1.807, 2.05) is 23.0 Å². The largest absolute Gasteiger partial charge is 0.283 e. The maximum absolute atomic E-state index is 4.13. The summed E-state index contributed by atoms with van der Waals surface area (Å²) in [4.78, 5) is 0. The van der Waals surface area contributed by atoms with Crippen LogP contribution < -0.4 is 0 Å². The van der Waals surface area contributed by atoms with Gasteiger partial charge >= 0.3 is 0 Å². The van der Waals surface area contributed by atoms with Gasteiger partial charge in [0.05, 0.1) is 0 Å². The Balaban J connectivity index is 1.76. The molecule has 0 radical (unpaired) electrons. The molecule has 0 spiro atoms. The van der Waals surface area contributed by atoms with E-state index in [1.54, 1.807) is 12.4 Å². The number of aryl methyl sites for hydroxylation is 2. The summed E-state index contributed by atoms with van der Waals surface area (Å²) in [5.41, 5.74) is 1.19. The van der Waals surface area contributed by atoms with Gasteiger partial charge in [0.25, 0.3) is 0 Å². The van der Waals surface area contributed by atoms with Gasteiger partial charge in [0.15, 0.2) is 0 Å². The molecule has 0 saturated carbocycles. The van der Waals surface area contributed by atoms with E-state index >= 15 is 0 Å². The summed E-state index contributed by atoms with van der Waals surface area (Å²) < 4.78 is 1.94. The molecule has 2 aromatic rings. The lowest BCUT2D eigenvalue weighted by Crippen LogP contribution is -1.99. The second-order valence-electron chi connectivity index (χ2n) is 2.95. The number of hydrogen-bond donors (Lipinski definition) is 1. The van der Waals surface area contributed by atoms with Crippen molar-refractivity contribution in [3.8, 4) is 0 Å². The summed E-state index contributed by atoms with van der Waals surface area (Å²) >= 11 is 0. The van der Waals surface area contributed by atoms with E-state index in [9.17, 15) is 0 Å². The standard InChI is InChI=1S/C9H12N4/c1(3-9-4-6-10-12-9)7-13-8-2-5-11-13/h2,4-6,8H,1,3,7H2,(H,10,12). The molecule has 0 atom stereocenters. The van der Waals surface area contributed by atoms with Crippen LogP contribution in [0.25, 0.3) is 0 Å². The molecular formula is C9H12N4. The van der Waals surface area contributed by atoms with Gasteiger partial charge in [-0.2, -0.15) is 10.2 Å². The van der Waals surface area contributed by atoms with E-state index in [0.717, 1.165) is 19.4 Å². The zero-order chi connectivity index (χ0) is 8.93. The van der Waals surface area contributed by atoms with E-state index in [2.05, 4.69) is 15.3 Å². The van der Waals surface area contributed by atoms with Crippen LogP contribution in [0, 0.1) is 0 Å². The van der Waals surface area contributed by atoms with Gasteiger partial charge in [0.2, 0.25) is 0 Å². The Morgan fingerprint density at radius 1 is 1.38 bits per heavy atom. The Hall–Kier alpha value is -1.58. The second kappa shape index (κ2) is 3.89. The van der Waals surface area contributed by atoms with Crippen LogP contribution in [0.2, 0.25) is 0 Å². The first kappa shape index (κ1) is 8.04. The van der Waals surface area contributed by atoms with Crippen LogP contribution in [-0.2, 0) is 13.0 Å². The lowest BCUT2D eigenvalue weighted by Gasteiger charge is -1.99. The predicted molar refractivity (Wildman–Crippen MR) is 49.1 cm³/mol. The molecule has 68 valence electrons. The van der Waals surface area contributed by atoms with Crippen molar-refractivity contribution in [1.82, 2.24) is 20.0 Å². The topological polar surface area (TPSA) is 46.5 Å². The molecule has 0 aromatic carbocycles. The number of nitrogens with zero attached hydrogens (tertiary/aromatic N) is 3. The summed E-state index contributed by atoms with van der Waals surface area (Å²) in [5.74, 6) is 0. The maximum atomic E-state index is 4.13. The average Bonchev–Trinajstić information content (AvgIpc) is 2.75. The number of aromatic amines is 1. The van der Waals surface area contributed by atoms with Gasteiger partial charge in [-0.1, -0.05) is 0 Å². The fourth-order valence-electron chi connectivity index (χ4n) is 1.29. The van der Waals surface area contributed by atoms with Crippen molar-refractivity contribution in [3.05, 3.63) is 36.4 Å². The molecule has 1 N–H and O–H groups in total. The van der Waals surface area contributed by atoms with Crippen LogP contribution in [0.5, 0.6) is 0 Å². The number of rotatable bonds is 4. The Morgan fingerprint density at radius 3 is 3.08 bits per heavy atom. The second-order valence-corrected chi connectivity index (χ2v) is 2.95. The third-order valence-corrected chi connectivity index (χ3v) is 1.95. The minimum atomic E-state index is 0.964. The molecule has 2 heterocycles. The van der Waals surface area contributed by atoms with Crippen molar-refractivity contribution in [2.45, 2.75) is 19.4 Å². The van der Waals surface area contributed by atoms with E-state index in [4.69, 9.17) is 0 Å². The van der Waals surface area contributed by atoms with Crippen LogP contribution in [0.3, 0.4) is 0 Å². The highest BCUT2D eigenvalue weighted by Crippen LogP contribution is 1.98. The van der Waals surface area contributed by atoms with Gasteiger partial charge in [0, 0.05) is 30.8 Å². The monoisotopic (exact) mass is 176 g/mol. The van der Waals surface area contributed by atoms with Crippen molar-refractivity contribution < 1.29 is 0 Å². The summed E-state index contributed by atoms with van der Waals surface area (Å²) in [7, 11) is 0. The quantitative estimate of drug-likeness (QED) is 0.761. The molecule has 0 aliphatic heterocycles. The molecule has 0 fully saturated rings. The van der Waals surface area contributed by atoms with Gasteiger partial charge in [-0.3, -0.25) is 9.78 Å². The maximum Gasteiger partial charge on any atom is 0.0490 e. The van der Waals surface area contributed by atoms with Crippen molar-refractivity contribution in [3.63, 3.8) is 0 Å². The lowest BCUT2D eigenvalue weighted by molar-refractivity contribution is 0.575. The highest BCUT2D eigenvalue weighted by molar-refractivity contribution is 4.96. The van der Waals surface area contributed by atoms with E-state index in [-0.39, 0.29) is 0 Å². The van der Waals surface area contributed by atoms with Gasteiger partial charge in [0.1, 0.15) is 0 Å². The van der Waals surface area contributed by atoms with E-state index < -0.39 is 0 Å². The minimum absolute atomic E-state index is 0.964. The molecule has 13 heavy (non-hydrogen) atoms. The Kier molecular flexibility index (Phi) is 2.40. The molecule has 4 heteroatoms. The highest BCUT2D eigenvalue weighted by Gasteiger charge is 1.94. The van der Waals surface area contributed by atoms with E-state index in [0.29, 0.717) is 0 Å². The number of aromatic nitrogens is 4. The zero-order valence-corrected chi connectivity index (χ0v) is 7.35. The number of hydrogen-bond acceptors (Lipinski definition) is 2. The van der Waals surface area contributed by atoms with E-state index in [1.165, 1.54) is 5.69 Å². The Morgan fingerprint density at radius 2 is 2.38 bits per heavy atom. The fraction of sp³-hybridized carbons (Fsp3) is 0.333. The van der Waals surface area contributed by atoms with Crippen molar-refractivity contribution >= 4 is 0 Å². The molecule has 4 nitrogen and oxygen atoms in total. The third-order valence-electron chi connectivity index (χ3n) is 1.95. The molecule has 2 aromatic heterocycles. The van der Waals surface area contributed by atoms with Crippen LogP contribution in [-0.4, -0.2) is 20.0 Å². The molecular weight excluding hydrogens is 164 g/mol. The molecule has 0 saturated heterocycles. The van der Waals surface area contributed by atoms with Gasteiger partial charge in [-0.05, 0) is 25.0 Å². The van der Waals surface area contributed by atoms with Gasteiger partial charge in [-0.15, -0.1) is 0 Å². The molecule has 0 unspecified atom stereocenters. The fourth-order valence-corrected chi connectivity index (χ4v) is 1.29. The average molecular weight is 176 g/mol. The van der Waals surface area contributed by atoms with Gasteiger partial charge < -0.3 is 0 Å². The Bertz CT molecular complexity index is 288. The summed E-state index contributed by atoms with van der Waals surface area (Å²) in [6.45, 7) is 0.964. The molecule has 0 aliphatic rings. The minimum Gasteiger partial charge on any atom is -0.283 e. The van der Waals surface area contributed by atoms with Crippen LogP contribution in [0.4, 0.5) is 0 Å². The highest BCUT2D eigenvalue weighted by atomic mass is 15.3. The van der Waals surface area contributed by atoms with Crippen molar-refractivity contribution in [1.29, 1.82) is 0 Å². The summed E-state index contributed by atoms with van der Waals surface area (Å²) in [5, 5.41) is 11.0. The normalized spacial score (nSPS) is 10.5. The van der Waals surface area contributed by atoms with Crippen molar-refractivity contribution in [2.75, 3.05) is 0 Å².